The second-order valence-corrected chi connectivity index (χ2v) is 6.81. The minimum absolute atomic E-state index is 0.132. The van der Waals surface area contributed by atoms with Gasteiger partial charge in [-0.2, -0.15) is 0 Å². The maximum absolute atomic E-state index is 12.2. The second kappa shape index (κ2) is 6.51. The first kappa shape index (κ1) is 16.2. The van der Waals surface area contributed by atoms with Crippen molar-refractivity contribution in [3.05, 3.63) is 18.0 Å². The van der Waals surface area contributed by atoms with Crippen LogP contribution in [0.1, 0.15) is 12.6 Å². The van der Waals surface area contributed by atoms with Crippen LogP contribution < -0.4 is 10.0 Å². The summed E-state index contributed by atoms with van der Waals surface area (Å²) in [5.74, 6) is 0. The molecule has 0 aromatic carbocycles. The fourth-order valence-corrected chi connectivity index (χ4v) is 3.33. The van der Waals surface area contributed by atoms with Gasteiger partial charge in [-0.1, -0.05) is 0 Å². The van der Waals surface area contributed by atoms with Gasteiger partial charge in [-0.05, 0) is 34.1 Å². The summed E-state index contributed by atoms with van der Waals surface area (Å²) in [5.41, 5.74) is 0.933. The Morgan fingerprint density at radius 2 is 2.05 bits per heavy atom. The van der Waals surface area contributed by atoms with E-state index in [9.17, 15) is 8.42 Å². The Kier molecular flexibility index (Phi) is 5.54. The third-order valence-electron chi connectivity index (χ3n) is 2.75. The lowest BCUT2D eigenvalue weighted by molar-refractivity contribution is 0.370. The highest BCUT2D eigenvalue weighted by Gasteiger charge is 2.20. The number of hydrogen-bond acceptors (Lipinski definition) is 4. The van der Waals surface area contributed by atoms with E-state index in [0.717, 1.165) is 5.69 Å². The van der Waals surface area contributed by atoms with Crippen LogP contribution in [0.25, 0.3) is 0 Å². The predicted molar refractivity (Wildman–Crippen MR) is 76.5 cm³/mol. The molecule has 0 radical (unpaired) electrons. The fraction of sp³-hybridized carbons (Fsp3) is 0.667. The van der Waals surface area contributed by atoms with E-state index in [-0.39, 0.29) is 6.04 Å². The van der Waals surface area contributed by atoms with E-state index in [4.69, 9.17) is 0 Å². The van der Waals surface area contributed by atoms with E-state index in [1.807, 2.05) is 44.6 Å². The summed E-state index contributed by atoms with van der Waals surface area (Å²) < 4.78 is 29.0. The molecule has 0 fully saturated rings. The maximum atomic E-state index is 12.2. The molecule has 1 unspecified atom stereocenters. The molecule has 7 heteroatoms. The second-order valence-electron chi connectivity index (χ2n) is 5.09. The van der Waals surface area contributed by atoms with Crippen LogP contribution in [0.3, 0.4) is 0 Å². The van der Waals surface area contributed by atoms with Crippen LogP contribution in [0.4, 0.5) is 0 Å². The van der Waals surface area contributed by atoms with Gasteiger partial charge >= 0.3 is 0 Å². The van der Waals surface area contributed by atoms with Crippen LogP contribution in [0.2, 0.25) is 0 Å². The van der Waals surface area contributed by atoms with Crippen molar-refractivity contribution >= 4 is 10.0 Å². The summed E-state index contributed by atoms with van der Waals surface area (Å²) in [6.45, 7) is 3.16. The van der Waals surface area contributed by atoms with Gasteiger partial charge in [-0.3, -0.25) is 0 Å². The molecule has 0 saturated heterocycles. The molecular formula is C12H24N4O2S. The lowest BCUT2D eigenvalue weighted by atomic mass is 10.3. The van der Waals surface area contributed by atoms with Gasteiger partial charge in [0.2, 0.25) is 10.0 Å². The summed E-state index contributed by atoms with van der Waals surface area (Å²) >= 11 is 0. The molecule has 0 bridgehead atoms. The molecule has 1 rings (SSSR count). The molecule has 1 aromatic heterocycles. The average molecular weight is 288 g/mol. The number of likely N-dealkylation sites (N-methyl/N-ethyl adjacent to an activating group) is 1. The van der Waals surface area contributed by atoms with Gasteiger partial charge in [0.05, 0.1) is 4.90 Å². The van der Waals surface area contributed by atoms with Crippen molar-refractivity contribution < 1.29 is 8.42 Å². The average Bonchev–Trinajstić information content (AvgIpc) is 2.59. The normalized spacial score (nSPS) is 14.0. The van der Waals surface area contributed by atoms with Crippen molar-refractivity contribution in [2.75, 3.05) is 27.7 Å². The molecule has 1 heterocycles. The topological polar surface area (TPSA) is 66.4 Å². The van der Waals surface area contributed by atoms with Crippen LogP contribution in [-0.2, 0) is 23.6 Å². The lowest BCUT2D eigenvalue weighted by Crippen LogP contribution is -2.39. The quantitative estimate of drug-likeness (QED) is 0.740. The highest BCUT2D eigenvalue weighted by molar-refractivity contribution is 7.89. The van der Waals surface area contributed by atoms with Crippen molar-refractivity contribution in [2.45, 2.75) is 24.4 Å². The highest BCUT2D eigenvalue weighted by Crippen LogP contribution is 2.13. The van der Waals surface area contributed by atoms with Crippen LogP contribution in [0.5, 0.6) is 0 Å². The number of aromatic nitrogens is 1. The molecule has 0 spiro atoms. The van der Waals surface area contributed by atoms with Gasteiger partial charge in [0.25, 0.3) is 0 Å². The predicted octanol–water partition coefficient (Wildman–Crippen LogP) is -0.0271. The zero-order valence-corrected chi connectivity index (χ0v) is 13.1. The number of aryl methyl sites for hydroxylation is 1. The highest BCUT2D eigenvalue weighted by atomic mass is 32.2. The molecule has 1 atom stereocenters. The summed E-state index contributed by atoms with van der Waals surface area (Å²) in [5, 5.41) is 3.01. The third-order valence-corrected chi connectivity index (χ3v) is 4.30. The van der Waals surface area contributed by atoms with Crippen molar-refractivity contribution in [1.82, 2.24) is 19.5 Å². The summed E-state index contributed by atoms with van der Waals surface area (Å²) in [4.78, 5) is 2.26. The van der Waals surface area contributed by atoms with E-state index < -0.39 is 10.0 Å². The first-order chi connectivity index (χ1) is 8.76. The molecule has 0 aliphatic heterocycles. The van der Waals surface area contributed by atoms with Gasteiger partial charge in [0, 0.05) is 38.1 Å². The smallest absolute Gasteiger partial charge is 0.242 e. The molecule has 0 saturated carbocycles. The molecule has 0 aliphatic carbocycles. The molecule has 19 heavy (non-hydrogen) atoms. The van der Waals surface area contributed by atoms with Crippen molar-refractivity contribution in [2.24, 2.45) is 7.05 Å². The van der Waals surface area contributed by atoms with Crippen molar-refractivity contribution in [3.63, 3.8) is 0 Å². The van der Waals surface area contributed by atoms with E-state index in [2.05, 4.69) is 10.0 Å². The minimum atomic E-state index is -3.45. The van der Waals surface area contributed by atoms with Crippen molar-refractivity contribution in [3.8, 4) is 0 Å². The van der Waals surface area contributed by atoms with E-state index in [1.165, 1.54) is 0 Å². The summed E-state index contributed by atoms with van der Waals surface area (Å²) in [6, 6.07) is 1.56. The fourth-order valence-electron chi connectivity index (χ4n) is 2.00. The van der Waals surface area contributed by atoms with Crippen LogP contribution in [0.15, 0.2) is 17.2 Å². The summed E-state index contributed by atoms with van der Waals surface area (Å²) in [7, 11) is 4.05. The Labute approximate surface area is 115 Å². The zero-order chi connectivity index (χ0) is 14.6. The molecule has 110 valence electrons. The van der Waals surface area contributed by atoms with Gasteiger partial charge in [-0.15, -0.1) is 0 Å². The Morgan fingerprint density at radius 1 is 1.42 bits per heavy atom. The van der Waals surface area contributed by atoms with Crippen LogP contribution in [-0.4, -0.2) is 51.6 Å². The van der Waals surface area contributed by atoms with E-state index >= 15 is 0 Å². The van der Waals surface area contributed by atoms with E-state index in [1.54, 1.807) is 12.3 Å². The van der Waals surface area contributed by atoms with E-state index in [0.29, 0.717) is 18.0 Å². The SMILES string of the molecule is CNCc1cc(S(=O)(=O)NC(C)CN(C)C)cn1C. The minimum Gasteiger partial charge on any atom is -0.352 e. The largest absolute Gasteiger partial charge is 0.352 e. The molecule has 1 aromatic rings. The molecule has 0 aliphatic rings. The zero-order valence-electron chi connectivity index (χ0n) is 12.3. The maximum Gasteiger partial charge on any atom is 0.242 e. The van der Waals surface area contributed by atoms with Crippen LogP contribution >= 0.6 is 0 Å². The Balaban J connectivity index is 2.85. The monoisotopic (exact) mass is 288 g/mol. The van der Waals surface area contributed by atoms with Crippen LogP contribution in [0, 0.1) is 0 Å². The number of rotatable bonds is 7. The van der Waals surface area contributed by atoms with Gasteiger partial charge in [-0.25, -0.2) is 13.1 Å². The molecular weight excluding hydrogens is 264 g/mol. The Hall–Kier alpha value is -0.890. The first-order valence-corrected chi connectivity index (χ1v) is 7.71. The van der Waals surface area contributed by atoms with Gasteiger partial charge < -0.3 is 14.8 Å². The standard InChI is InChI=1S/C12H24N4O2S/c1-10(8-15(3)4)14-19(17,18)12-6-11(7-13-2)16(5)9-12/h6,9-10,13-14H,7-8H2,1-5H3. The van der Waals surface area contributed by atoms with Gasteiger partial charge in [0.15, 0.2) is 0 Å². The Bertz CT molecular complexity index is 508. The molecule has 0 amide bonds. The first-order valence-electron chi connectivity index (χ1n) is 6.23. The summed E-state index contributed by atoms with van der Waals surface area (Å²) in [6.07, 6.45) is 1.64. The third kappa shape index (κ3) is 4.61. The van der Waals surface area contributed by atoms with Gasteiger partial charge in [0.1, 0.15) is 0 Å². The molecule has 6 nitrogen and oxygen atoms in total. The number of sulfonamides is 1. The van der Waals surface area contributed by atoms with Crippen molar-refractivity contribution in [1.29, 1.82) is 0 Å². The Morgan fingerprint density at radius 3 is 2.58 bits per heavy atom. The molecule has 2 N–H and O–H groups in total. The number of nitrogens with one attached hydrogen (secondary N) is 2. The number of hydrogen-bond donors (Lipinski definition) is 2. The number of nitrogens with zero attached hydrogens (tertiary/aromatic N) is 2. The lowest BCUT2D eigenvalue weighted by Gasteiger charge is -2.17.